The standard InChI is InChI=1S/C42H56O5/c1-29(18-14-19-31(3)22-23-37-33(5)24-36(46-34(6)43)27-39(37,7)8)16-12-13-17-30(2)20-15-21-32(4)38(45)28-42-40(9,10)25-35(44)26-41(42,11)47-42/h12-21,35-36,44H,24-28H2,1-11H3. The number of aliphatic hydroxyl groups excluding tert-OH is 1. The first kappa shape index (κ1) is 38.0. The molecule has 254 valence electrons. The summed E-state index contributed by atoms with van der Waals surface area (Å²) in [5.74, 6) is 6.55. The Bertz CT molecular complexity index is 1540. The lowest BCUT2D eigenvalue weighted by molar-refractivity contribution is -0.147. The van der Waals surface area contributed by atoms with E-state index in [0.717, 1.165) is 35.1 Å². The van der Waals surface area contributed by atoms with Gasteiger partial charge in [-0.2, -0.15) is 0 Å². The molecule has 1 N–H and O–H groups in total. The van der Waals surface area contributed by atoms with Gasteiger partial charge in [-0.05, 0) is 70.9 Å². The van der Waals surface area contributed by atoms with Gasteiger partial charge in [-0.3, -0.25) is 9.59 Å². The number of fused-ring (bicyclic) bond motifs is 1. The van der Waals surface area contributed by atoms with Gasteiger partial charge in [-0.15, -0.1) is 0 Å². The summed E-state index contributed by atoms with van der Waals surface area (Å²) in [6, 6.07) is 0. The maximum atomic E-state index is 13.1. The molecule has 47 heavy (non-hydrogen) atoms. The normalized spacial score (nSPS) is 29.6. The van der Waals surface area contributed by atoms with Crippen molar-refractivity contribution in [2.45, 2.75) is 132 Å². The van der Waals surface area contributed by atoms with Crippen LogP contribution < -0.4 is 0 Å². The van der Waals surface area contributed by atoms with E-state index in [9.17, 15) is 14.7 Å². The largest absolute Gasteiger partial charge is 0.462 e. The number of carbonyl (C=O) groups is 2. The highest BCUT2D eigenvalue weighted by molar-refractivity contribution is 5.96. The van der Waals surface area contributed by atoms with Crippen LogP contribution in [0.5, 0.6) is 0 Å². The number of ether oxygens (including phenoxy) is 2. The van der Waals surface area contributed by atoms with E-state index < -0.39 is 11.2 Å². The molecule has 2 fully saturated rings. The smallest absolute Gasteiger partial charge is 0.302 e. The van der Waals surface area contributed by atoms with Gasteiger partial charge in [0.2, 0.25) is 0 Å². The zero-order chi connectivity index (χ0) is 35.2. The summed E-state index contributed by atoms with van der Waals surface area (Å²) >= 11 is 0. The van der Waals surface area contributed by atoms with Crippen LogP contribution in [0.1, 0.15) is 108 Å². The maximum Gasteiger partial charge on any atom is 0.302 e. The highest BCUT2D eigenvalue weighted by Crippen LogP contribution is 2.67. The van der Waals surface area contributed by atoms with Crippen molar-refractivity contribution in [2.24, 2.45) is 10.8 Å². The lowest BCUT2D eigenvalue weighted by Gasteiger charge is -2.40. The van der Waals surface area contributed by atoms with Crippen molar-refractivity contribution in [1.29, 1.82) is 0 Å². The molecule has 1 heterocycles. The van der Waals surface area contributed by atoms with Gasteiger partial charge in [0, 0.05) is 37.2 Å². The minimum Gasteiger partial charge on any atom is -0.462 e. The summed E-state index contributed by atoms with van der Waals surface area (Å²) in [5.41, 5.74) is 4.89. The fourth-order valence-corrected chi connectivity index (χ4v) is 7.39. The van der Waals surface area contributed by atoms with Gasteiger partial charge in [0.05, 0.1) is 11.7 Å². The van der Waals surface area contributed by atoms with Crippen LogP contribution in [0.4, 0.5) is 0 Å². The molecule has 0 aromatic heterocycles. The number of esters is 1. The van der Waals surface area contributed by atoms with Gasteiger partial charge in [-0.1, -0.05) is 117 Å². The van der Waals surface area contributed by atoms with Crippen LogP contribution >= 0.6 is 0 Å². The summed E-state index contributed by atoms with van der Waals surface area (Å²) in [6.45, 7) is 22.0. The maximum absolute atomic E-state index is 13.1. The fraction of sp³-hybridized carbons (Fsp3) is 0.524. The average Bonchev–Trinajstić information content (AvgIpc) is 3.54. The molecule has 0 amide bonds. The van der Waals surface area contributed by atoms with Crippen LogP contribution in [0.15, 0.2) is 94.2 Å². The van der Waals surface area contributed by atoms with Gasteiger partial charge in [-0.25, -0.2) is 0 Å². The van der Waals surface area contributed by atoms with Crippen LogP contribution in [0, 0.1) is 22.7 Å². The summed E-state index contributed by atoms with van der Waals surface area (Å²) in [6.07, 6.45) is 22.6. The van der Waals surface area contributed by atoms with Gasteiger partial charge >= 0.3 is 5.97 Å². The Morgan fingerprint density at radius 3 is 2.02 bits per heavy atom. The first-order chi connectivity index (χ1) is 21.8. The molecule has 3 aliphatic rings. The molecule has 3 rings (SSSR count). The second kappa shape index (κ2) is 15.2. The summed E-state index contributed by atoms with van der Waals surface area (Å²) < 4.78 is 11.7. The zero-order valence-electron chi connectivity index (χ0n) is 30.5. The molecule has 0 bridgehead atoms. The molecule has 0 aromatic carbocycles. The number of hydrogen-bond acceptors (Lipinski definition) is 5. The number of carbonyl (C=O) groups excluding carboxylic acids is 2. The first-order valence-electron chi connectivity index (χ1n) is 16.8. The highest BCUT2D eigenvalue weighted by atomic mass is 16.6. The molecule has 4 atom stereocenters. The first-order valence-corrected chi connectivity index (χ1v) is 16.8. The molecule has 0 spiro atoms. The monoisotopic (exact) mass is 640 g/mol. The van der Waals surface area contributed by atoms with E-state index in [1.165, 1.54) is 12.5 Å². The fourth-order valence-electron chi connectivity index (χ4n) is 7.39. The van der Waals surface area contributed by atoms with Crippen LogP contribution in [-0.4, -0.2) is 40.3 Å². The number of allylic oxidation sites excluding steroid dienone is 15. The Labute approximate surface area is 284 Å². The Hall–Kier alpha value is -3.46. The van der Waals surface area contributed by atoms with E-state index in [-0.39, 0.29) is 34.8 Å². The third-order valence-electron chi connectivity index (χ3n) is 9.86. The van der Waals surface area contributed by atoms with E-state index >= 15 is 0 Å². The SMILES string of the molecule is CC(=O)OC1CC(C)=C(C#CC(C)=CC=CC(C)=CC=CC=C(C)C=CC=C(C)C(=O)CC23OC2(C)CC(O)CC3(C)C)C(C)(C)C1. The molecular formula is C42H56O5. The van der Waals surface area contributed by atoms with E-state index in [1.807, 2.05) is 76.3 Å². The second-order valence-electron chi connectivity index (χ2n) is 15.3. The lowest BCUT2D eigenvalue weighted by atomic mass is 9.61. The van der Waals surface area contributed by atoms with E-state index in [4.69, 9.17) is 9.47 Å². The highest BCUT2D eigenvalue weighted by Gasteiger charge is 2.76. The number of Topliss-reactive ketones (excluding diaryl/α,β-unsaturated/α-hetero) is 1. The molecular weight excluding hydrogens is 584 g/mol. The Kier molecular flexibility index (Phi) is 12.3. The van der Waals surface area contributed by atoms with Crippen molar-refractivity contribution in [3.8, 4) is 11.8 Å². The van der Waals surface area contributed by atoms with Crippen molar-refractivity contribution in [3.63, 3.8) is 0 Å². The summed E-state index contributed by atoms with van der Waals surface area (Å²) in [5, 5.41) is 10.3. The number of rotatable bonds is 10. The Morgan fingerprint density at radius 2 is 1.47 bits per heavy atom. The molecule has 0 radical (unpaired) electrons. The van der Waals surface area contributed by atoms with Gasteiger partial charge in [0.25, 0.3) is 0 Å². The van der Waals surface area contributed by atoms with Crippen molar-refractivity contribution < 1.29 is 24.2 Å². The predicted molar refractivity (Wildman–Crippen MR) is 192 cm³/mol. The number of epoxide rings is 1. The van der Waals surface area contributed by atoms with Crippen molar-refractivity contribution in [2.75, 3.05) is 0 Å². The molecule has 2 aliphatic carbocycles. The Morgan fingerprint density at radius 1 is 0.872 bits per heavy atom. The van der Waals surface area contributed by atoms with Crippen LogP contribution in [0.2, 0.25) is 0 Å². The number of aliphatic hydroxyl groups is 1. The molecule has 4 unspecified atom stereocenters. The van der Waals surface area contributed by atoms with E-state index in [2.05, 4.69) is 65.5 Å². The average molecular weight is 641 g/mol. The quantitative estimate of drug-likeness (QED) is 0.0847. The summed E-state index contributed by atoms with van der Waals surface area (Å²) in [4.78, 5) is 24.5. The minimum absolute atomic E-state index is 0.0805. The molecule has 1 aliphatic heterocycles. The molecule has 1 saturated carbocycles. The van der Waals surface area contributed by atoms with Crippen molar-refractivity contribution >= 4 is 11.8 Å². The topological polar surface area (TPSA) is 76.1 Å². The van der Waals surface area contributed by atoms with Crippen molar-refractivity contribution in [1.82, 2.24) is 0 Å². The van der Waals surface area contributed by atoms with Gasteiger partial charge < -0.3 is 14.6 Å². The number of ketones is 1. The van der Waals surface area contributed by atoms with Gasteiger partial charge in [0.15, 0.2) is 5.78 Å². The molecule has 1 saturated heterocycles. The zero-order valence-corrected chi connectivity index (χ0v) is 30.5. The predicted octanol–water partition coefficient (Wildman–Crippen LogP) is 9.18. The number of hydrogen-bond donors (Lipinski definition) is 1. The third kappa shape index (κ3) is 9.78. The lowest BCUT2D eigenvalue weighted by Crippen LogP contribution is -2.48. The minimum atomic E-state index is -0.497. The van der Waals surface area contributed by atoms with Crippen LogP contribution in [0.3, 0.4) is 0 Å². The van der Waals surface area contributed by atoms with Gasteiger partial charge in [0.1, 0.15) is 11.7 Å². The van der Waals surface area contributed by atoms with E-state index in [0.29, 0.717) is 24.8 Å². The van der Waals surface area contributed by atoms with E-state index in [1.54, 1.807) is 0 Å². The molecule has 0 aromatic rings. The molecule has 5 nitrogen and oxygen atoms in total. The van der Waals surface area contributed by atoms with Crippen molar-refractivity contribution in [3.05, 3.63) is 94.2 Å². The Balaban J connectivity index is 1.51. The molecule has 5 heteroatoms. The van der Waals surface area contributed by atoms with Crippen LogP contribution in [-0.2, 0) is 19.1 Å². The third-order valence-corrected chi connectivity index (χ3v) is 9.86. The van der Waals surface area contributed by atoms with Crippen LogP contribution in [0.25, 0.3) is 0 Å². The summed E-state index contributed by atoms with van der Waals surface area (Å²) in [7, 11) is 0. The second-order valence-corrected chi connectivity index (χ2v) is 15.3.